The molecular weight excluding hydrogens is 222 g/mol. The maximum Gasteiger partial charge on any atom is 0.164 e. The van der Waals surface area contributed by atoms with Gasteiger partial charge in [-0.25, -0.2) is 0 Å². The molecule has 2 N–H and O–H groups in total. The number of hydrogen-bond acceptors (Lipinski definition) is 2. The average molecular weight is 243 g/mol. The molecule has 0 unspecified atom stereocenters. The number of carbonyl (C=O) groups is 1. The maximum absolute atomic E-state index is 12.1. The molecule has 0 aromatic heterocycles. The first-order chi connectivity index (χ1) is 8.66. The van der Waals surface area contributed by atoms with Crippen LogP contribution in [0.4, 0.5) is 0 Å². The van der Waals surface area contributed by atoms with E-state index in [-0.39, 0.29) is 11.3 Å². The molecule has 0 saturated heterocycles. The topological polar surface area (TPSA) is 43.1 Å². The standard InChI is InChI=1S/C16H21NO/c17-16(9-2-10-16)11-15(18)14-7-5-13(6-8-14)12-3-1-4-12/h5-8,12H,1-4,9-11,17H2. The largest absolute Gasteiger partial charge is 0.325 e. The first-order valence-corrected chi connectivity index (χ1v) is 7.08. The summed E-state index contributed by atoms with van der Waals surface area (Å²) in [6, 6.07) is 8.22. The predicted octanol–water partition coefficient (Wildman–Crippen LogP) is 3.41. The van der Waals surface area contributed by atoms with Gasteiger partial charge in [0.05, 0.1) is 0 Å². The molecule has 2 heteroatoms. The molecule has 0 amide bonds. The molecule has 2 nitrogen and oxygen atoms in total. The number of hydrogen-bond donors (Lipinski definition) is 1. The zero-order valence-corrected chi connectivity index (χ0v) is 10.8. The minimum atomic E-state index is -0.205. The van der Waals surface area contributed by atoms with Gasteiger partial charge in [-0.15, -0.1) is 0 Å². The van der Waals surface area contributed by atoms with Crippen LogP contribution in [0.3, 0.4) is 0 Å². The lowest BCUT2D eigenvalue weighted by Gasteiger charge is -2.37. The van der Waals surface area contributed by atoms with Gasteiger partial charge >= 0.3 is 0 Å². The monoisotopic (exact) mass is 243 g/mol. The molecule has 0 spiro atoms. The molecule has 1 aromatic rings. The van der Waals surface area contributed by atoms with E-state index in [0.717, 1.165) is 24.3 Å². The van der Waals surface area contributed by atoms with Crippen LogP contribution in [0.15, 0.2) is 24.3 Å². The summed E-state index contributed by atoms with van der Waals surface area (Å²) in [5, 5.41) is 0. The summed E-state index contributed by atoms with van der Waals surface area (Å²) in [5.74, 6) is 0.944. The second-order valence-electron chi connectivity index (χ2n) is 6.07. The molecular formula is C16H21NO. The third-order valence-corrected chi connectivity index (χ3v) is 4.67. The van der Waals surface area contributed by atoms with Crippen molar-refractivity contribution in [2.75, 3.05) is 0 Å². The Morgan fingerprint density at radius 1 is 1.17 bits per heavy atom. The summed E-state index contributed by atoms with van der Waals surface area (Å²) in [6.45, 7) is 0. The lowest BCUT2D eigenvalue weighted by atomic mass is 9.73. The van der Waals surface area contributed by atoms with Gasteiger partial charge in [0.2, 0.25) is 0 Å². The lowest BCUT2D eigenvalue weighted by molar-refractivity contribution is 0.0912. The normalized spacial score (nSPS) is 22.1. The van der Waals surface area contributed by atoms with Crippen molar-refractivity contribution in [3.8, 4) is 0 Å². The molecule has 2 fully saturated rings. The summed E-state index contributed by atoms with van der Waals surface area (Å²) >= 11 is 0. The molecule has 2 aliphatic carbocycles. The Bertz CT molecular complexity index is 441. The minimum absolute atomic E-state index is 0.205. The zero-order valence-electron chi connectivity index (χ0n) is 10.8. The highest BCUT2D eigenvalue weighted by atomic mass is 16.1. The first-order valence-electron chi connectivity index (χ1n) is 7.08. The fraction of sp³-hybridized carbons (Fsp3) is 0.562. The number of Topliss-reactive ketones (excluding diaryl/α,β-unsaturated/α-hetero) is 1. The Kier molecular flexibility index (Phi) is 2.98. The molecule has 2 aliphatic rings. The number of ketones is 1. The Morgan fingerprint density at radius 2 is 1.83 bits per heavy atom. The minimum Gasteiger partial charge on any atom is -0.325 e. The fourth-order valence-electron chi connectivity index (χ4n) is 2.91. The van der Waals surface area contributed by atoms with E-state index in [4.69, 9.17) is 5.73 Å². The Balaban J connectivity index is 1.66. The maximum atomic E-state index is 12.1. The molecule has 18 heavy (non-hydrogen) atoms. The van der Waals surface area contributed by atoms with Gasteiger partial charge in [-0.05, 0) is 43.6 Å². The number of rotatable bonds is 4. The van der Waals surface area contributed by atoms with Crippen LogP contribution in [0.1, 0.15) is 66.8 Å². The van der Waals surface area contributed by atoms with Crippen LogP contribution in [0.5, 0.6) is 0 Å². The van der Waals surface area contributed by atoms with Crippen molar-refractivity contribution >= 4 is 5.78 Å². The van der Waals surface area contributed by atoms with E-state index in [1.54, 1.807) is 0 Å². The molecule has 1 aromatic carbocycles. The molecule has 0 heterocycles. The van der Waals surface area contributed by atoms with Crippen molar-refractivity contribution in [2.45, 2.75) is 56.4 Å². The molecule has 0 bridgehead atoms. The highest BCUT2D eigenvalue weighted by Gasteiger charge is 2.34. The molecule has 2 saturated carbocycles. The van der Waals surface area contributed by atoms with Crippen LogP contribution in [0, 0.1) is 0 Å². The highest BCUT2D eigenvalue weighted by Crippen LogP contribution is 2.37. The number of nitrogens with two attached hydrogens (primary N) is 1. The van der Waals surface area contributed by atoms with Crippen LogP contribution >= 0.6 is 0 Å². The van der Waals surface area contributed by atoms with E-state index in [2.05, 4.69) is 12.1 Å². The Labute approximate surface area is 109 Å². The average Bonchev–Trinajstić information content (AvgIpc) is 2.25. The third-order valence-electron chi connectivity index (χ3n) is 4.67. The van der Waals surface area contributed by atoms with E-state index in [9.17, 15) is 4.79 Å². The van der Waals surface area contributed by atoms with Gasteiger partial charge in [0.15, 0.2) is 5.78 Å². The predicted molar refractivity (Wildman–Crippen MR) is 72.8 cm³/mol. The Morgan fingerprint density at radius 3 is 2.28 bits per heavy atom. The third kappa shape index (κ3) is 2.22. The van der Waals surface area contributed by atoms with Gasteiger partial charge in [0.25, 0.3) is 0 Å². The first kappa shape index (κ1) is 11.9. The van der Waals surface area contributed by atoms with Crippen molar-refractivity contribution in [1.29, 1.82) is 0 Å². The van der Waals surface area contributed by atoms with E-state index >= 15 is 0 Å². The van der Waals surface area contributed by atoms with Crippen molar-refractivity contribution in [1.82, 2.24) is 0 Å². The van der Waals surface area contributed by atoms with Crippen LogP contribution in [0.25, 0.3) is 0 Å². The van der Waals surface area contributed by atoms with Gasteiger partial charge in [-0.1, -0.05) is 30.7 Å². The summed E-state index contributed by atoms with van der Waals surface area (Å²) in [7, 11) is 0. The molecule has 0 atom stereocenters. The lowest BCUT2D eigenvalue weighted by Crippen LogP contribution is -2.48. The van der Waals surface area contributed by atoms with Gasteiger partial charge in [0, 0.05) is 17.5 Å². The zero-order chi connectivity index (χ0) is 12.6. The van der Waals surface area contributed by atoms with Crippen LogP contribution in [0.2, 0.25) is 0 Å². The van der Waals surface area contributed by atoms with Crippen molar-refractivity contribution in [3.63, 3.8) is 0 Å². The van der Waals surface area contributed by atoms with E-state index in [0.29, 0.717) is 6.42 Å². The molecule has 3 rings (SSSR count). The second kappa shape index (κ2) is 4.51. The summed E-state index contributed by atoms with van der Waals surface area (Å²) in [6.07, 6.45) is 7.64. The number of carbonyl (C=O) groups excluding carboxylic acids is 1. The summed E-state index contributed by atoms with van der Waals surface area (Å²) < 4.78 is 0. The van der Waals surface area contributed by atoms with Crippen molar-refractivity contribution < 1.29 is 4.79 Å². The molecule has 0 radical (unpaired) electrons. The quantitative estimate of drug-likeness (QED) is 0.823. The fourth-order valence-corrected chi connectivity index (χ4v) is 2.91. The van der Waals surface area contributed by atoms with E-state index in [1.165, 1.54) is 31.2 Å². The van der Waals surface area contributed by atoms with Crippen molar-refractivity contribution in [3.05, 3.63) is 35.4 Å². The highest BCUT2D eigenvalue weighted by molar-refractivity contribution is 5.96. The van der Waals surface area contributed by atoms with E-state index in [1.807, 2.05) is 12.1 Å². The van der Waals surface area contributed by atoms with Gasteiger partial charge in [-0.2, -0.15) is 0 Å². The van der Waals surface area contributed by atoms with Crippen LogP contribution in [-0.2, 0) is 0 Å². The summed E-state index contributed by atoms with van der Waals surface area (Å²) in [5.41, 5.74) is 8.15. The summed E-state index contributed by atoms with van der Waals surface area (Å²) in [4.78, 5) is 12.1. The van der Waals surface area contributed by atoms with Gasteiger partial charge in [0.1, 0.15) is 0 Å². The van der Waals surface area contributed by atoms with Crippen LogP contribution in [-0.4, -0.2) is 11.3 Å². The molecule has 0 aliphatic heterocycles. The number of benzene rings is 1. The van der Waals surface area contributed by atoms with Gasteiger partial charge in [-0.3, -0.25) is 4.79 Å². The second-order valence-corrected chi connectivity index (χ2v) is 6.07. The van der Waals surface area contributed by atoms with Gasteiger partial charge < -0.3 is 5.73 Å². The Hall–Kier alpha value is -1.15. The van der Waals surface area contributed by atoms with Crippen molar-refractivity contribution in [2.24, 2.45) is 5.73 Å². The SMILES string of the molecule is NC1(CC(=O)c2ccc(C3CCC3)cc2)CCC1. The molecule has 96 valence electrons. The smallest absolute Gasteiger partial charge is 0.164 e. The van der Waals surface area contributed by atoms with E-state index < -0.39 is 0 Å². The van der Waals surface area contributed by atoms with Crippen LogP contribution < -0.4 is 5.73 Å².